The van der Waals surface area contributed by atoms with Crippen molar-refractivity contribution in [3.05, 3.63) is 0 Å². The summed E-state index contributed by atoms with van der Waals surface area (Å²) >= 11 is 0. The first-order valence-corrected chi connectivity index (χ1v) is 4.47. The van der Waals surface area contributed by atoms with Gasteiger partial charge in [0.25, 0.3) is 0 Å². The normalized spacial score (nSPS) is 36.2. The highest BCUT2D eigenvalue weighted by Gasteiger charge is 2.36. The van der Waals surface area contributed by atoms with Crippen LogP contribution in [-0.2, 0) is 0 Å². The molecule has 0 aliphatic heterocycles. The van der Waals surface area contributed by atoms with Crippen LogP contribution in [0.15, 0.2) is 0 Å². The average molecular weight is 151 g/mol. The first kappa shape index (κ1) is 8.59. The standard InChI is InChI=1S/C10H17N/c1-8-5-4-6-10(2,3)9(8)7-11/h8-9H,4-6H2,1-3H3/t8?,9-/m1/s1. The van der Waals surface area contributed by atoms with Crippen molar-refractivity contribution in [3.8, 4) is 6.07 Å². The van der Waals surface area contributed by atoms with Crippen molar-refractivity contribution < 1.29 is 0 Å². The van der Waals surface area contributed by atoms with E-state index in [1.165, 1.54) is 19.3 Å². The Balaban J connectivity index is 2.74. The Morgan fingerprint density at radius 2 is 2.09 bits per heavy atom. The third-order valence-electron chi connectivity index (χ3n) is 3.03. The maximum atomic E-state index is 8.95. The maximum absolute atomic E-state index is 8.95. The molecule has 0 spiro atoms. The molecular formula is C10H17N. The lowest BCUT2D eigenvalue weighted by molar-refractivity contribution is 0.128. The summed E-state index contributed by atoms with van der Waals surface area (Å²) in [6, 6.07) is 2.44. The van der Waals surface area contributed by atoms with E-state index in [9.17, 15) is 0 Å². The van der Waals surface area contributed by atoms with Crippen LogP contribution in [0.5, 0.6) is 0 Å². The molecule has 11 heavy (non-hydrogen) atoms. The smallest absolute Gasteiger partial charge is 0.0664 e. The summed E-state index contributed by atoms with van der Waals surface area (Å²) in [5, 5.41) is 8.95. The van der Waals surface area contributed by atoms with Gasteiger partial charge in [-0.3, -0.25) is 0 Å². The largest absolute Gasteiger partial charge is 0.198 e. The van der Waals surface area contributed by atoms with Gasteiger partial charge in [0.15, 0.2) is 0 Å². The highest BCUT2D eigenvalue weighted by molar-refractivity contribution is 4.98. The van der Waals surface area contributed by atoms with Crippen molar-refractivity contribution in [3.63, 3.8) is 0 Å². The molecule has 1 aliphatic carbocycles. The van der Waals surface area contributed by atoms with Crippen LogP contribution < -0.4 is 0 Å². The summed E-state index contributed by atoms with van der Waals surface area (Å²) < 4.78 is 0. The van der Waals surface area contributed by atoms with E-state index in [4.69, 9.17) is 5.26 Å². The molecule has 0 aromatic carbocycles. The van der Waals surface area contributed by atoms with Gasteiger partial charge in [0.05, 0.1) is 12.0 Å². The van der Waals surface area contributed by atoms with E-state index in [0.717, 1.165) is 0 Å². The molecule has 0 aromatic heterocycles. The fourth-order valence-corrected chi connectivity index (χ4v) is 2.27. The van der Waals surface area contributed by atoms with Crippen LogP contribution in [0.1, 0.15) is 40.0 Å². The molecule has 0 bridgehead atoms. The lowest BCUT2D eigenvalue weighted by atomic mass is 9.65. The van der Waals surface area contributed by atoms with Gasteiger partial charge in [-0.05, 0) is 24.2 Å². The molecule has 1 unspecified atom stereocenters. The number of nitrogens with zero attached hydrogens (tertiary/aromatic N) is 1. The molecule has 1 rings (SSSR count). The highest BCUT2D eigenvalue weighted by Crippen LogP contribution is 2.43. The third kappa shape index (κ3) is 1.56. The summed E-state index contributed by atoms with van der Waals surface area (Å²) in [6.45, 7) is 6.64. The van der Waals surface area contributed by atoms with Crippen molar-refractivity contribution in [1.82, 2.24) is 0 Å². The minimum atomic E-state index is 0.256. The van der Waals surface area contributed by atoms with Gasteiger partial charge >= 0.3 is 0 Å². The van der Waals surface area contributed by atoms with Crippen LogP contribution in [0.2, 0.25) is 0 Å². The fraction of sp³-hybridized carbons (Fsp3) is 0.900. The average Bonchev–Trinajstić information content (AvgIpc) is 1.86. The second kappa shape index (κ2) is 2.85. The quantitative estimate of drug-likeness (QED) is 0.522. The van der Waals surface area contributed by atoms with Crippen molar-refractivity contribution >= 4 is 0 Å². The van der Waals surface area contributed by atoms with Crippen LogP contribution in [0.25, 0.3) is 0 Å². The van der Waals surface area contributed by atoms with Crippen LogP contribution in [-0.4, -0.2) is 0 Å². The van der Waals surface area contributed by atoms with E-state index in [0.29, 0.717) is 5.92 Å². The number of hydrogen-bond acceptors (Lipinski definition) is 1. The number of rotatable bonds is 0. The van der Waals surface area contributed by atoms with Gasteiger partial charge in [0, 0.05) is 0 Å². The molecular weight excluding hydrogens is 134 g/mol. The van der Waals surface area contributed by atoms with E-state index in [1.54, 1.807) is 0 Å². The van der Waals surface area contributed by atoms with Gasteiger partial charge in [-0.15, -0.1) is 0 Å². The third-order valence-corrected chi connectivity index (χ3v) is 3.03. The minimum absolute atomic E-state index is 0.256. The Hall–Kier alpha value is -0.510. The van der Waals surface area contributed by atoms with Crippen molar-refractivity contribution in [2.45, 2.75) is 40.0 Å². The fourth-order valence-electron chi connectivity index (χ4n) is 2.27. The van der Waals surface area contributed by atoms with Crippen LogP contribution in [0.3, 0.4) is 0 Å². The lowest BCUT2D eigenvalue weighted by Crippen LogP contribution is -2.32. The molecule has 0 aromatic rings. The molecule has 0 amide bonds. The second-order valence-electron chi connectivity index (χ2n) is 4.46. The molecule has 1 fully saturated rings. The lowest BCUT2D eigenvalue weighted by Gasteiger charge is -2.38. The molecule has 0 saturated heterocycles. The number of hydrogen-bond donors (Lipinski definition) is 0. The predicted octanol–water partition coefficient (Wildman–Crippen LogP) is 2.97. The summed E-state index contributed by atoms with van der Waals surface area (Å²) in [7, 11) is 0. The maximum Gasteiger partial charge on any atom is 0.0664 e. The Morgan fingerprint density at radius 1 is 1.45 bits per heavy atom. The number of nitriles is 1. The summed E-state index contributed by atoms with van der Waals surface area (Å²) in [6.07, 6.45) is 3.75. The topological polar surface area (TPSA) is 23.8 Å². The SMILES string of the molecule is CC1CCCC(C)(C)[C@@H]1C#N. The Kier molecular flexibility index (Phi) is 2.23. The second-order valence-corrected chi connectivity index (χ2v) is 4.46. The van der Waals surface area contributed by atoms with Gasteiger partial charge in [-0.25, -0.2) is 0 Å². The Morgan fingerprint density at radius 3 is 2.45 bits per heavy atom. The van der Waals surface area contributed by atoms with Crippen molar-refractivity contribution in [1.29, 1.82) is 5.26 Å². The molecule has 0 heterocycles. The van der Waals surface area contributed by atoms with Gasteiger partial charge < -0.3 is 0 Å². The zero-order valence-electron chi connectivity index (χ0n) is 7.72. The summed E-state index contributed by atoms with van der Waals surface area (Å²) in [5.74, 6) is 0.875. The zero-order valence-corrected chi connectivity index (χ0v) is 7.72. The summed E-state index contributed by atoms with van der Waals surface area (Å²) in [5.41, 5.74) is 0.256. The van der Waals surface area contributed by atoms with E-state index in [2.05, 4.69) is 26.8 Å². The zero-order chi connectivity index (χ0) is 8.48. The predicted molar refractivity (Wildman–Crippen MR) is 45.9 cm³/mol. The molecule has 2 atom stereocenters. The molecule has 0 N–H and O–H groups in total. The van der Waals surface area contributed by atoms with Crippen LogP contribution >= 0.6 is 0 Å². The van der Waals surface area contributed by atoms with Crippen molar-refractivity contribution in [2.75, 3.05) is 0 Å². The Bertz CT molecular complexity index is 176. The molecule has 1 aliphatic rings. The van der Waals surface area contributed by atoms with E-state index in [1.807, 2.05) is 0 Å². The van der Waals surface area contributed by atoms with Gasteiger partial charge in [0.1, 0.15) is 0 Å². The first-order valence-electron chi connectivity index (χ1n) is 4.47. The van der Waals surface area contributed by atoms with Gasteiger partial charge in [-0.1, -0.05) is 27.2 Å². The molecule has 0 radical (unpaired) electrons. The van der Waals surface area contributed by atoms with E-state index >= 15 is 0 Å². The van der Waals surface area contributed by atoms with Gasteiger partial charge in [0.2, 0.25) is 0 Å². The van der Waals surface area contributed by atoms with Crippen LogP contribution in [0.4, 0.5) is 0 Å². The molecule has 1 saturated carbocycles. The summed E-state index contributed by atoms with van der Waals surface area (Å²) in [4.78, 5) is 0. The monoisotopic (exact) mass is 151 g/mol. The first-order chi connectivity index (χ1) is 5.08. The van der Waals surface area contributed by atoms with E-state index < -0.39 is 0 Å². The minimum Gasteiger partial charge on any atom is -0.198 e. The molecule has 1 nitrogen and oxygen atoms in total. The molecule has 1 heteroatoms. The van der Waals surface area contributed by atoms with Crippen LogP contribution in [0, 0.1) is 28.6 Å². The van der Waals surface area contributed by atoms with E-state index in [-0.39, 0.29) is 11.3 Å². The Labute approximate surface area is 69.4 Å². The highest BCUT2D eigenvalue weighted by atomic mass is 14.4. The molecule has 62 valence electrons. The van der Waals surface area contributed by atoms with Crippen molar-refractivity contribution in [2.24, 2.45) is 17.3 Å². The van der Waals surface area contributed by atoms with Gasteiger partial charge in [-0.2, -0.15) is 5.26 Å².